The highest BCUT2D eigenvalue weighted by Crippen LogP contribution is 2.34. The number of likely N-dealkylation sites (tertiary alicyclic amines) is 1. The molecule has 0 bridgehead atoms. The average molecular weight is 333 g/mol. The molecular formula is C17H21ClN4O. The number of aromatic nitrogens is 2. The summed E-state index contributed by atoms with van der Waals surface area (Å²) in [6, 6.07) is 8.13. The quantitative estimate of drug-likeness (QED) is 0.936. The monoisotopic (exact) mass is 332 g/mol. The van der Waals surface area contributed by atoms with Crippen molar-refractivity contribution in [2.45, 2.75) is 25.4 Å². The standard InChI is InChI=1S/C17H21ClN4O/c1-21(2)17(23)14-10-19-20-16(14)15-7-4-8-22(15)11-12-5-3-6-13(18)9-12/h3,5-6,9-10,15H,4,7-8,11H2,1-2H3,(H,19,20). The minimum absolute atomic E-state index is 0.0108. The summed E-state index contributed by atoms with van der Waals surface area (Å²) in [4.78, 5) is 16.3. The van der Waals surface area contributed by atoms with Crippen molar-refractivity contribution in [1.82, 2.24) is 20.0 Å². The van der Waals surface area contributed by atoms with Crippen molar-refractivity contribution in [2.24, 2.45) is 0 Å². The molecule has 0 radical (unpaired) electrons. The zero-order valence-electron chi connectivity index (χ0n) is 13.4. The molecule has 2 heterocycles. The van der Waals surface area contributed by atoms with Crippen molar-refractivity contribution in [3.8, 4) is 0 Å². The van der Waals surface area contributed by atoms with Gasteiger partial charge in [-0.3, -0.25) is 14.8 Å². The Morgan fingerprint density at radius 1 is 1.48 bits per heavy atom. The molecule has 2 aromatic rings. The largest absolute Gasteiger partial charge is 0.345 e. The van der Waals surface area contributed by atoms with E-state index in [0.717, 1.165) is 36.6 Å². The summed E-state index contributed by atoms with van der Waals surface area (Å²) in [7, 11) is 3.52. The molecule has 0 aliphatic carbocycles. The fourth-order valence-electron chi connectivity index (χ4n) is 3.17. The number of hydrogen-bond acceptors (Lipinski definition) is 3. The third kappa shape index (κ3) is 3.41. The van der Waals surface area contributed by atoms with E-state index in [4.69, 9.17) is 11.6 Å². The molecule has 0 spiro atoms. The zero-order valence-corrected chi connectivity index (χ0v) is 14.2. The molecule has 1 aliphatic rings. The van der Waals surface area contributed by atoms with Crippen molar-refractivity contribution >= 4 is 17.5 Å². The third-order valence-electron chi connectivity index (χ3n) is 4.28. The second-order valence-electron chi connectivity index (χ2n) is 6.16. The van der Waals surface area contributed by atoms with Crippen molar-refractivity contribution in [3.05, 3.63) is 52.3 Å². The number of H-pyrrole nitrogens is 1. The fourth-order valence-corrected chi connectivity index (χ4v) is 3.39. The fraction of sp³-hybridized carbons (Fsp3) is 0.412. The Morgan fingerprint density at radius 3 is 3.04 bits per heavy atom. The van der Waals surface area contributed by atoms with Gasteiger partial charge in [-0.2, -0.15) is 5.10 Å². The minimum Gasteiger partial charge on any atom is -0.345 e. The van der Waals surface area contributed by atoms with Gasteiger partial charge in [-0.1, -0.05) is 23.7 Å². The van der Waals surface area contributed by atoms with E-state index >= 15 is 0 Å². The molecular weight excluding hydrogens is 312 g/mol. The minimum atomic E-state index is -0.0108. The lowest BCUT2D eigenvalue weighted by Crippen LogP contribution is -2.27. The number of aromatic amines is 1. The number of nitrogens with one attached hydrogen (secondary N) is 1. The SMILES string of the molecule is CN(C)C(=O)c1cn[nH]c1C1CCCN1Cc1cccc(Cl)c1. The van der Waals surface area contributed by atoms with Crippen LogP contribution in [0.5, 0.6) is 0 Å². The van der Waals surface area contributed by atoms with Gasteiger partial charge in [-0.05, 0) is 37.1 Å². The number of nitrogens with zero attached hydrogens (tertiary/aromatic N) is 3. The second-order valence-corrected chi connectivity index (χ2v) is 6.59. The summed E-state index contributed by atoms with van der Waals surface area (Å²) in [6.45, 7) is 1.83. The summed E-state index contributed by atoms with van der Waals surface area (Å²) in [5.74, 6) is -0.0108. The van der Waals surface area contributed by atoms with Gasteiger partial charge in [-0.25, -0.2) is 0 Å². The lowest BCUT2D eigenvalue weighted by atomic mass is 10.1. The number of rotatable bonds is 4. The van der Waals surface area contributed by atoms with E-state index in [-0.39, 0.29) is 11.9 Å². The summed E-state index contributed by atoms with van der Waals surface area (Å²) < 4.78 is 0. The molecule has 122 valence electrons. The van der Waals surface area contributed by atoms with Gasteiger partial charge in [0.1, 0.15) is 0 Å². The molecule has 3 rings (SSSR count). The molecule has 1 aliphatic heterocycles. The highest BCUT2D eigenvalue weighted by atomic mass is 35.5. The highest BCUT2D eigenvalue weighted by Gasteiger charge is 2.31. The lowest BCUT2D eigenvalue weighted by Gasteiger charge is -2.25. The lowest BCUT2D eigenvalue weighted by molar-refractivity contribution is 0.0824. The van der Waals surface area contributed by atoms with Gasteiger partial charge >= 0.3 is 0 Å². The smallest absolute Gasteiger partial charge is 0.256 e. The van der Waals surface area contributed by atoms with Crippen molar-refractivity contribution in [3.63, 3.8) is 0 Å². The van der Waals surface area contributed by atoms with E-state index in [0.29, 0.717) is 5.56 Å². The maximum atomic E-state index is 12.3. The first-order valence-corrected chi connectivity index (χ1v) is 8.17. The second kappa shape index (κ2) is 6.72. The Balaban J connectivity index is 1.82. The van der Waals surface area contributed by atoms with Gasteiger partial charge in [0.25, 0.3) is 5.91 Å². The Hall–Kier alpha value is -1.85. The van der Waals surface area contributed by atoms with Crippen molar-refractivity contribution in [1.29, 1.82) is 0 Å². The molecule has 23 heavy (non-hydrogen) atoms. The number of carbonyl (C=O) groups is 1. The van der Waals surface area contributed by atoms with Crippen LogP contribution in [0.3, 0.4) is 0 Å². The number of amides is 1. The van der Waals surface area contributed by atoms with Gasteiger partial charge in [0.2, 0.25) is 0 Å². The van der Waals surface area contributed by atoms with Gasteiger partial charge in [0.15, 0.2) is 0 Å². The summed E-state index contributed by atoms with van der Waals surface area (Å²) in [6.07, 6.45) is 3.77. The number of hydrogen-bond donors (Lipinski definition) is 1. The van der Waals surface area contributed by atoms with Crippen LogP contribution in [-0.4, -0.2) is 46.5 Å². The van der Waals surface area contributed by atoms with Crippen LogP contribution in [0.15, 0.2) is 30.5 Å². The van der Waals surface area contributed by atoms with Gasteiger partial charge in [-0.15, -0.1) is 0 Å². The molecule has 1 saturated heterocycles. The molecule has 1 atom stereocenters. The predicted octanol–water partition coefficient (Wildman–Crippen LogP) is 3.10. The van der Waals surface area contributed by atoms with Crippen LogP contribution < -0.4 is 0 Å². The maximum Gasteiger partial charge on any atom is 0.256 e. The average Bonchev–Trinajstić information content (AvgIpc) is 3.14. The molecule has 1 amide bonds. The molecule has 1 N–H and O–H groups in total. The highest BCUT2D eigenvalue weighted by molar-refractivity contribution is 6.30. The topological polar surface area (TPSA) is 52.2 Å². The van der Waals surface area contributed by atoms with Crippen molar-refractivity contribution in [2.75, 3.05) is 20.6 Å². The maximum absolute atomic E-state index is 12.3. The van der Waals surface area contributed by atoms with E-state index in [1.54, 1.807) is 25.2 Å². The van der Waals surface area contributed by atoms with E-state index in [1.807, 2.05) is 18.2 Å². The molecule has 6 heteroatoms. The number of benzene rings is 1. The van der Waals surface area contributed by atoms with Crippen LogP contribution in [0.2, 0.25) is 5.02 Å². The molecule has 5 nitrogen and oxygen atoms in total. The van der Waals surface area contributed by atoms with Crippen LogP contribution in [0.1, 0.15) is 40.5 Å². The van der Waals surface area contributed by atoms with Gasteiger partial charge < -0.3 is 4.90 Å². The predicted molar refractivity (Wildman–Crippen MR) is 90.4 cm³/mol. The number of carbonyl (C=O) groups excluding carboxylic acids is 1. The molecule has 0 saturated carbocycles. The Kier molecular flexibility index (Phi) is 4.68. The molecule has 1 unspecified atom stereocenters. The van der Waals surface area contributed by atoms with E-state index in [9.17, 15) is 4.79 Å². The normalized spacial score (nSPS) is 18.3. The van der Waals surface area contributed by atoms with E-state index in [2.05, 4.69) is 21.2 Å². The van der Waals surface area contributed by atoms with Crippen LogP contribution in [-0.2, 0) is 6.54 Å². The van der Waals surface area contributed by atoms with E-state index < -0.39 is 0 Å². The summed E-state index contributed by atoms with van der Waals surface area (Å²) >= 11 is 6.08. The first-order valence-electron chi connectivity index (χ1n) is 7.79. The van der Waals surface area contributed by atoms with E-state index in [1.165, 1.54) is 5.56 Å². The molecule has 1 fully saturated rings. The number of halogens is 1. The van der Waals surface area contributed by atoms with Crippen LogP contribution >= 0.6 is 11.6 Å². The molecule has 1 aromatic heterocycles. The zero-order chi connectivity index (χ0) is 16.4. The van der Waals surface area contributed by atoms with Crippen LogP contribution in [0, 0.1) is 0 Å². The Labute approximate surface area is 141 Å². The van der Waals surface area contributed by atoms with Crippen LogP contribution in [0.4, 0.5) is 0 Å². The Morgan fingerprint density at radius 2 is 2.30 bits per heavy atom. The molecule has 1 aromatic carbocycles. The summed E-state index contributed by atoms with van der Waals surface area (Å²) in [5, 5.41) is 7.90. The first-order chi connectivity index (χ1) is 11.1. The van der Waals surface area contributed by atoms with Gasteiger partial charge in [0, 0.05) is 25.7 Å². The third-order valence-corrected chi connectivity index (χ3v) is 4.51. The summed E-state index contributed by atoms with van der Waals surface area (Å²) in [5.41, 5.74) is 2.77. The van der Waals surface area contributed by atoms with Gasteiger partial charge in [0.05, 0.1) is 23.5 Å². The van der Waals surface area contributed by atoms with Crippen LogP contribution in [0.25, 0.3) is 0 Å². The van der Waals surface area contributed by atoms with Crippen molar-refractivity contribution < 1.29 is 4.79 Å². The first kappa shape index (κ1) is 16.0. The Bertz CT molecular complexity index is 697.